The summed E-state index contributed by atoms with van der Waals surface area (Å²) in [6.07, 6.45) is 5.13. The maximum absolute atomic E-state index is 5.99. The Morgan fingerprint density at radius 2 is 1.08 bits per heavy atom. The van der Waals surface area contributed by atoms with E-state index < -0.39 is 5.79 Å². The summed E-state index contributed by atoms with van der Waals surface area (Å²) in [5.41, 5.74) is 0. The molecule has 24 heavy (non-hydrogen) atoms. The number of benzene rings is 2. The molecule has 0 unspecified atom stereocenters. The van der Waals surface area contributed by atoms with Crippen LogP contribution in [0.1, 0.15) is 32.1 Å². The first-order chi connectivity index (χ1) is 11.9. The lowest BCUT2D eigenvalue weighted by atomic mass is 9.94. The topological polar surface area (TPSA) is 36.9 Å². The highest BCUT2D eigenvalue weighted by Crippen LogP contribution is 2.33. The van der Waals surface area contributed by atoms with Gasteiger partial charge in [-0.25, -0.2) is 0 Å². The molecule has 4 nitrogen and oxygen atoms in total. The molecule has 1 aliphatic carbocycles. The molecule has 128 valence electrons. The van der Waals surface area contributed by atoms with Gasteiger partial charge in [0.05, 0.1) is 0 Å². The summed E-state index contributed by atoms with van der Waals surface area (Å²) in [4.78, 5) is 0. The van der Waals surface area contributed by atoms with E-state index in [1.54, 1.807) is 0 Å². The van der Waals surface area contributed by atoms with E-state index in [1.165, 1.54) is 6.42 Å². The molecule has 1 saturated carbocycles. The Morgan fingerprint density at radius 3 is 1.54 bits per heavy atom. The second-order valence-electron chi connectivity index (χ2n) is 5.91. The summed E-state index contributed by atoms with van der Waals surface area (Å²) in [5.74, 6) is 0.981. The van der Waals surface area contributed by atoms with Gasteiger partial charge in [-0.1, -0.05) is 42.8 Å². The molecule has 4 heteroatoms. The molecule has 0 saturated heterocycles. The largest absolute Gasteiger partial charge is 0.467 e. The van der Waals surface area contributed by atoms with E-state index in [2.05, 4.69) is 0 Å². The molecule has 0 atom stereocenters. The lowest BCUT2D eigenvalue weighted by Gasteiger charge is -2.36. The van der Waals surface area contributed by atoms with Crippen LogP contribution < -0.4 is 9.47 Å². The fraction of sp³-hybridized carbons (Fsp3) is 0.400. The van der Waals surface area contributed by atoms with Gasteiger partial charge in [0.2, 0.25) is 0 Å². The lowest BCUT2D eigenvalue weighted by Crippen LogP contribution is -2.40. The van der Waals surface area contributed by atoms with Crippen LogP contribution in [-0.2, 0) is 9.47 Å². The van der Waals surface area contributed by atoms with Crippen LogP contribution in [0.5, 0.6) is 11.5 Å². The van der Waals surface area contributed by atoms with Crippen LogP contribution in [0.4, 0.5) is 0 Å². The summed E-state index contributed by atoms with van der Waals surface area (Å²) >= 11 is 0. The minimum Gasteiger partial charge on any atom is -0.467 e. The first-order valence-corrected chi connectivity index (χ1v) is 8.50. The van der Waals surface area contributed by atoms with Crippen molar-refractivity contribution in [3.05, 3.63) is 60.7 Å². The fourth-order valence-corrected chi connectivity index (χ4v) is 2.86. The van der Waals surface area contributed by atoms with E-state index in [0.717, 1.165) is 37.2 Å². The Hall–Kier alpha value is -2.04. The summed E-state index contributed by atoms with van der Waals surface area (Å²) < 4.78 is 23.3. The Kier molecular flexibility index (Phi) is 6.10. The van der Waals surface area contributed by atoms with Crippen molar-refractivity contribution < 1.29 is 18.9 Å². The summed E-state index contributed by atoms with van der Waals surface area (Å²) in [7, 11) is 0. The average Bonchev–Trinajstić information content (AvgIpc) is 2.64. The molecule has 0 aliphatic heterocycles. The summed E-state index contributed by atoms with van der Waals surface area (Å²) in [5, 5.41) is 0. The highest BCUT2D eigenvalue weighted by molar-refractivity contribution is 5.21. The molecule has 3 rings (SSSR count). The average molecular weight is 328 g/mol. The van der Waals surface area contributed by atoms with Crippen molar-refractivity contribution in [1.29, 1.82) is 0 Å². The van der Waals surface area contributed by atoms with Gasteiger partial charge in [0.1, 0.15) is 11.5 Å². The lowest BCUT2D eigenvalue weighted by molar-refractivity contribution is -0.291. The second-order valence-corrected chi connectivity index (χ2v) is 5.91. The smallest absolute Gasteiger partial charge is 0.192 e. The molecule has 0 bridgehead atoms. The second kappa shape index (κ2) is 8.71. The van der Waals surface area contributed by atoms with Gasteiger partial charge in [-0.15, -0.1) is 0 Å². The molecular formula is C20H24O4. The minimum absolute atomic E-state index is 0.176. The first kappa shape index (κ1) is 16.8. The number of hydrogen-bond donors (Lipinski definition) is 0. The third-order valence-corrected chi connectivity index (χ3v) is 4.20. The molecule has 1 fully saturated rings. The molecule has 0 amide bonds. The van der Waals surface area contributed by atoms with Crippen molar-refractivity contribution in [1.82, 2.24) is 0 Å². The maximum atomic E-state index is 5.99. The Balaban J connectivity index is 1.50. The van der Waals surface area contributed by atoms with E-state index in [-0.39, 0.29) is 13.6 Å². The number of ether oxygens (including phenoxy) is 4. The highest BCUT2D eigenvalue weighted by Gasteiger charge is 2.34. The molecule has 0 N–H and O–H groups in total. The van der Waals surface area contributed by atoms with Gasteiger partial charge < -0.3 is 18.9 Å². The third-order valence-electron chi connectivity index (χ3n) is 4.20. The van der Waals surface area contributed by atoms with Crippen LogP contribution in [-0.4, -0.2) is 19.4 Å². The zero-order valence-corrected chi connectivity index (χ0v) is 13.9. The monoisotopic (exact) mass is 328 g/mol. The SMILES string of the molecule is c1ccc(OCOC2(OCOc3ccccc3)CCCCC2)cc1. The van der Waals surface area contributed by atoms with Gasteiger partial charge in [-0.2, -0.15) is 0 Å². The van der Waals surface area contributed by atoms with E-state index >= 15 is 0 Å². The number of para-hydroxylation sites is 2. The van der Waals surface area contributed by atoms with E-state index in [1.807, 2.05) is 60.7 Å². The van der Waals surface area contributed by atoms with Gasteiger partial charge in [-0.3, -0.25) is 0 Å². The molecule has 0 heterocycles. The zero-order valence-electron chi connectivity index (χ0n) is 13.9. The van der Waals surface area contributed by atoms with Crippen molar-refractivity contribution in [2.75, 3.05) is 13.6 Å². The quantitative estimate of drug-likeness (QED) is 0.655. The fourth-order valence-electron chi connectivity index (χ4n) is 2.86. The van der Waals surface area contributed by atoms with Crippen molar-refractivity contribution >= 4 is 0 Å². The molecule has 1 aliphatic rings. The van der Waals surface area contributed by atoms with Crippen molar-refractivity contribution in [3.63, 3.8) is 0 Å². The summed E-state index contributed by atoms with van der Waals surface area (Å²) in [6.45, 7) is 0.352. The van der Waals surface area contributed by atoms with Crippen LogP contribution in [0.15, 0.2) is 60.7 Å². The predicted octanol–water partition coefficient (Wildman–Crippen LogP) is 4.75. The van der Waals surface area contributed by atoms with Crippen LogP contribution in [0.3, 0.4) is 0 Å². The van der Waals surface area contributed by atoms with Gasteiger partial charge in [-0.05, 0) is 37.1 Å². The predicted molar refractivity (Wildman–Crippen MR) is 91.9 cm³/mol. The summed E-state index contributed by atoms with van der Waals surface area (Å²) in [6, 6.07) is 19.3. The Labute approximate surface area is 143 Å². The standard InChI is InChI=1S/C20H24O4/c1-4-10-18(11-5-1)21-16-23-20(14-8-3-9-15-20)24-17-22-19-12-6-2-7-13-19/h1-2,4-7,10-13H,3,8-9,14-17H2. The first-order valence-electron chi connectivity index (χ1n) is 8.50. The van der Waals surface area contributed by atoms with Gasteiger partial charge in [0, 0.05) is 12.8 Å². The molecule has 0 aromatic heterocycles. The van der Waals surface area contributed by atoms with Crippen molar-refractivity contribution in [3.8, 4) is 11.5 Å². The van der Waals surface area contributed by atoms with Crippen LogP contribution >= 0.6 is 0 Å². The van der Waals surface area contributed by atoms with Crippen LogP contribution in [0.2, 0.25) is 0 Å². The van der Waals surface area contributed by atoms with Gasteiger partial charge in [0.15, 0.2) is 19.4 Å². The number of hydrogen-bond acceptors (Lipinski definition) is 4. The van der Waals surface area contributed by atoms with Gasteiger partial charge in [0.25, 0.3) is 0 Å². The molecule has 0 spiro atoms. The molecule has 0 radical (unpaired) electrons. The van der Waals surface area contributed by atoms with E-state index in [4.69, 9.17) is 18.9 Å². The third kappa shape index (κ3) is 4.98. The molecular weight excluding hydrogens is 304 g/mol. The number of rotatable bonds is 8. The Bertz CT molecular complexity index is 532. The maximum Gasteiger partial charge on any atom is 0.192 e. The van der Waals surface area contributed by atoms with Crippen LogP contribution in [0, 0.1) is 0 Å². The molecule has 2 aromatic rings. The van der Waals surface area contributed by atoms with Crippen molar-refractivity contribution in [2.24, 2.45) is 0 Å². The van der Waals surface area contributed by atoms with Crippen molar-refractivity contribution in [2.45, 2.75) is 37.9 Å². The minimum atomic E-state index is -0.609. The van der Waals surface area contributed by atoms with E-state index in [9.17, 15) is 0 Å². The highest BCUT2D eigenvalue weighted by atomic mass is 16.8. The van der Waals surface area contributed by atoms with Crippen LogP contribution in [0.25, 0.3) is 0 Å². The zero-order chi connectivity index (χ0) is 16.5. The van der Waals surface area contributed by atoms with E-state index in [0.29, 0.717) is 0 Å². The molecule has 2 aromatic carbocycles. The van der Waals surface area contributed by atoms with Gasteiger partial charge >= 0.3 is 0 Å². The Morgan fingerprint density at radius 1 is 0.625 bits per heavy atom. The normalized spacial score (nSPS) is 16.5.